The van der Waals surface area contributed by atoms with Crippen LogP contribution in [0, 0.1) is 11.8 Å². The van der Waals surface area contributed by atoms with Crippen molar-refractivity contribution in [3.63, 3.8) is 0 Å². The van der Waals surface area contributed by atoms with Crippen molar-refractivity contribution in [2.75, 3.05) is 29.9 Å². The van der Waals surface area contributed by atoms with E-state index in [2.05, 4.69) is 25.8 Å². The minimum atomic E-state index is -0.584. The second-order valence-electron chi connectivity index (χ2n) is 8.67. The molecule has 0 aliphatic carbocycles. The van der Waals surface area contributed by atoms with Crippen molar-refractivity contribution in [1.82, 2.24) is 15.6 Å². The standard InChI is InChI=1S/C24H32ClN5O2/c1-17(2)15-22(29-24(32)28-20-5-3-19(25)4-6-20)23(31)27-16-18-9-13-30(14-10-18)21-7-11-26-12-8-21/h3-8,11-12,17-18,22H,9-10,13-16H2,1-2H3,(H,27,31)(H2,28,29,32). The number of carbonyl (C=O) groups is 2. The van der Waals surface area contributed by atoms with Crippen molar-refractivity contribution in [3.8, 4) is 0 Å². The molecule has 3 N–H and O–H groups in total. The Labute approximate surface area is 194 Å². The van der Waals surface area contributed by atoms with E-state index in [1.165, 1.54) is 5.69 Å². The molecule has 1 saturated heterocycles. The Morgan fingerprint density at radius 3 is 2.38 bits per heavy atom. The quantitative estimate of drug-likeness (QED) is 0.551. The van der Waals surface area contributed by atoms with E-state index in [0.29, 0.717) is 29.6 Å². The number of hydrogen-bond acceptors (Lipinski definition) is 4. The van der Waals surface area contributed by atoms with E-state index in [0.717, 1.165) is 25.9 Å². The first-order chi connectivity index (χ1) is 15.4. The van der Waals surface area contributed by atoms with Crippen LogP contribution in [0.25, 0.3) is 0 Å². The SMILES string of the molecule is CC(C)CC(NC(=O)Nc1ccc(Cl)cc1)C(=O)NCC1CCN(c2ccncc2)CC1. The van der Waals surface area contributed by atoms with Gasteiger partial charge in [-0.05, 0) is 67.5 Å². The van der Waals surface area contributed by atoms with Gasteiger partial charge in [0.25, 0.3) is 0 Å². The van der Waals surface area contributed by atoms with Crippen LogP contribution < -0.4 is 20.9 Å². The molecule has 3 amide bonds. The molecule has 0 spiro atoms. The third-order valence-electron chi connectivity index (χ3n) is 5.64. The van der Waals surface area contributed by atoms with Gasteiger partial charge in [-0.25, -0.2) is 4.79 Å². The molecule has 1 aliphatic rings. The zero-order valence-electron chi connectivity index (χ0n) is 18.7. The van der Waals surface area contributed by atoms with E-state index in [1.54, 1.807) is 24.3 Å². The summed E-state index contributed by atoms with van der Waals surface area (Å²) in [4.78, 5) is 31.7. The van der Waals surface area contributed by atoms with Crippen molar-refractivity contribution in [1.29, 1.82) is 0 Å². The van der Waals surface area contributed by atoms with E-state index < -0.39 is 12.1 Å². The number of rotatable bonds is 8. The molecule has 7 nitrogen and oxygen atoms in total. The smallest absolute Gasteiger partial charge is 0.319 e. The molecule has 0 bridgehead atoms. The largest absolute Gasteiger partial charge is 0.371 e. The Balaban J connectivity index is 1.47. The van der Waals surface area contributed by atoms with Crippen molar-refractivity contribution in [2.45, 2.75) is 39.2 Å². The first kappa shape index (κ1) is 23.9. The maximum absolute atomic E-state index is 12.9. The van der Waals surface area contributed by atoms with Crippen molar-refractivity contribution >= 4 is 34.9 Å². The number of halogens is 1. The number of hydrogen-bond donors (Lipinski definition) is 3. The Bertz CT molecular complexity index is 868. The van der Waals surface area contributed by atoms with Gasteiger partial charge in [0.15, 0.2) is 0 Å². The lowest BCUT2D eigenvalue weighted by molar-refractivity contribution is -0.123. The number of aromatic nitrogens is 1. The maximum atomic E-state index is 12.9. The van der Waals surface area contributed by atoms with Crippen LogP contribution in [0.15, 0.2) is 48.8 Å². The predicted octanol–water partition coefficient (Wildman–Crippen LogP) is 4.30. The van der Waals surface area contributed by atoms with Gasteiger partial charge in [0.05, 0.1) is 0 Å². The number of nitrogens with one attached hydrogen (secondary N) is 3. The first-order valence-electron chi connectivity index (χ1n) is 11.2. The van der Waals surface area contributed by atoms with Crippen LogP contribution in [-0.2, 0) is 4.79 Å². The Kier molecular flexibility index (Phi) is 8.73. The minimum Gasteiger partial charge on any atom is -0.371 e. The molecule has 1 aliphatic heterocycles. The highest BCUT2D eigenvalue weighted by Gasteiger charge is 2.24. The lowest BCUT2D eigenvalue weighted by Gasteiger charge is -2.33. The molecular weight excluding hydrogens is 426 g/mol. The van der Waals surface area contributed by atoms with E-state index in [9.17, 15) is 9.59 Å². The third kappa shape index (κ3) is 7.41. The number of carbonyl (C=O) groups excluding carboxylic acids is 2. The minimum absolute atomic E-state index is 0.137. The molecule has 1 unspecified atom stereocenters. The van der Waals surface area contributed by atoms with E-state index in [1.807, 2.05) is 38.4 Å². The molecule has 0 saturated carbocycles. The van der Waals surface area contributed by atoms with E-state index >= 15 is 0 Å². The number of amides is 3. The molecule has 32 heavy (non-hydrogen) atoms. The van der Waals surface area contributed by atoms with Gasteiger partial charge in [-0.15, -0.1) is 0 Å². The van der Waals surface area contributed by atoms with Crippen LogP contribution >= 0.6 is 11.6 Å². The molecule has 0 radical (unpaired) electrons. The molecule has 3 rings (SSSR count). The summed E-state index contributed by atoms with van der Waals surface area (Å²) >= 11 is 5.88. The molecule has 2 aromatic rings. The third-order valence-corrected chi connectivity index (χ3v) is 5.89. The van der Waals surface area contributed by atoms with Crippen LogP contribution in [0.2, 0.25) is 5.02 Å². The normalized spacial score (nSPS) is 15.3. The molecule has 1 atom stereocenters. The van der Waals surface area contributed by atoms with Gasteiger partial charge < -0.3 is 20.9 Å². The fraction of sp³-hybridized carbons (Fsp3) is 0.458. The number of urea groups is 1. The van der Waals surface area contributed by atoms with Gasteiger partial charge in [0.1, 0.15) is 6.04 Å². The topological polar surface area (TPSA) is 86.4 Å². The number of piperidine rings is 1. The fourth-order valence-corrected chi connectivity index (χ4v) is 4.01. The summed E-state index contributed by atoms with van der Waals surface area (Å²) in [7, 11) is 0. The summed E-state index contributed by atoms with van der Waals surface area (Å²) in [6.45, 7) is 6.61. The summed E-state index contributed by atoms with van der Waals surface area (Å²) in [6, 6.07) is 9.91. The zero-order chi connectivity index (χ0) is 22.9. The van der Waals surface area contributed by atoms with E-state index in [-0.39, 0.29) is 11.8 Å². The van der Waals surface area contributed by atoms with Crippen LogP contribution in [-0.4, -0.2) is 42.6 Å². The number of pyridine rings is 1. The van der Waals surface area contributed by atoms with E-state index in [4.69, 9.17) is 11.6 Å². The number of nitrogens with zero attached hydrogens (tertiary/aromatic N) is 2. The molecular formula is C24H32ClN5O2. The first-order valence-corrected chi connectivity index (χ1v) is 11.5. The highest BCUT2D eigenvalue weighted by Crippen LogP contribution is 2.22. The predicted molar refractivity (Wildman–Crippen MR) is 129 cm³/mol. The summed E-state index contributed by atoms with van der Waals surface area (Å²) in [5.74, 6) is 0.561. The summed E-state index contributed by atoms with van der Waals surface area (Å²) < 4.78 is 0. The molecule has 1 aromatic heterocycles. The molecule has 2 heterocycles. The van der Waals surface area contributed by atoms with Gasteiger partial charge in [0.2, 0.25) is 5.91 Å². The van der Waals surface area contributed by atoms with Crippen LogP contribution in [0.1, 0.15) is 33.1 Å². The lowest BCUT2D eigenvalue weighted by Crippen LogP contribution is -2.50. The van der Waals surface area contributed by atoms with Crippen LogP contribution in [0.4, 0.5) is 16.2 Å². The van der Waals surface area contributed by atoms with Crippen molar-refractivity contribution in [2.24, 2.45) is 11.8 Å². The van der Waals surface area contributed by atoms with Gasteiger partial charge in [-0.1, -0.05) is 25.4 Å². The summed E-state index contributed by atoms with van der Waals surface area (Å²) in [5, 5.41) is 9.23. The molecule has 1 fully saturated rings. The average molecular weight is 458 g/mol. The average Bonchev–Trinajstić information content (AvgIpc) is 2.79. The second kappa shape index (κ2) is 11.7. The Morgan fingerprint density at radius 1 is 1.09 bits per heavy atom. The Morgan fingerprint density at radius 2 is 1.75 bits per heavy atom. The van der Waals surface area contributed by atoms with Gasteiger partial charge in [-0.3, -0.25) is 9.78 Å². The summed E-state index contributed by atoms with van der Waals surface area (Å²) in [6.07, 6.45) is 6.23. The number of anilines is 2. The summed E-state index contributed by atoms with van der Waals surface area (Å²) in [5.41, 5.74) is 1.81. The maximum Gasteiger partial charge on any atom is 0.319 e. The van der Waals surface area contributed by atoms with Crippen molar-refractivity contribution in [3.05, 3.63) is 53.8 Å². The zero-order valence-corrected chi connectivity index (χ0v) is 19.4. The molecule has 1 aromatic carbocycles. The second-order valence-corrected chi connectivity index (χ2v) is 9.10. The number of benzene rings is 1. The van der Waals surface area contributed by atoms with Crippen molar-refractivity contribution < 1.29 is 9.59 Å². The lowest BCUT2D eigenvalue weighted by atomic mass is 9.96. The monoisotopic (exact) mass is 457 g/mol. The van der Waals surface area contributed by atoms with Gasteiger partial charge in [-0.2, -0.15) is 0 Å². The molecule has 172 valence electrons. The van der Waals surface area contributed by atoms with Gasteiger partial charge in [0, 0.05) is 48.4 Å². The Hall–Kier alpha value is -2.80. The molecule has 8 heteroatoms. The highest BCUT2D eigenvalue weighted by molar-refractivity contribution is 6.30. The fourth-order valence-electron chi connectivity index (χ4n) is 3.88. The highest BCUT2D eigenvalue weighted by atomic mass is 35.5. The van der Waals surface area contributed by atoms with Crippen LogP contribution in [0.5, 0.6) is 0 Å². The van der Waals surface area contributed by atoms with Gasteiger partial charge >= 0.3 is 6.03 Å². The van der Waals surface area contributed by atoms with Crippen LogP contribution in [0.3, 0.4) is 0 Å².